The zero-order valence-corrected chi connectivity index (χ0v) is 17.6. The first kappa shape index (κ1) is 20.9. The highest BCUT2D eigenvalue weighted by Gasteiger charge is 2.21. The summed E-state index contributed by atoms with van der Waals surface area (Å²) >= 11 is 0. The van der Waals surface area contributed by atoms with Gasteiger partial charge in [-0.05, 0) is 74.1 Å². The molecule has 1 N–H and O–H groups in total. The SMILES string of the molecule is Cc1cc(C)c(C)c(OCCCNC(=O)Cc2ccc(N3CCCC3=O)cc2)c1. The lowest BCUT2D eigenvalue weighted by Gasteiger charge is -2.16. The second kappa shape index (κ2) is 9.59. The van der Waals surface area contributed by atoms with E-state index < -0.39 is 0 Å². The fraction of sp³-hybridized carbons (Fsp3) is 0.417. The highest BCUT2D eigenvalue weighted by molar-refractivity contribution is 5.95. The molecule has 2 amide bonds. The Morgan fingerprint density at radius 3 is 2.59 bits per heavy atom. The molecule has 5 nitrogen and oxygen atoms in total. The van der Waals surface area contributed by atoms with Crippen molar-refractivity contribution in [2.45, 2.75) is 46.5 Å². The van der Waals surface area contributed by atoms with Gasteiger partial charge in [0.2, 0.25) is 11.8 Å². The summed E-state index contributed by atoms with van der Waals surface area (Å²) in [6.45, 7) is 8.16. The van der Waals surface area contributed by atoms with E-state index in [4.69, 9.17) is 4.74 Å². The number of carbonyl (C=O) groups is 2. The van der Waals surface area contributed by atoms with Crippen molar-refractivity contribution < 1.29 is 14.3 Å². The standard InChI is InChI=1S/C24H30N2O3/c1-17-14-18(2)19(3)22(15-17)29-13-5-11-25-23(27)16-20-7-9-21(10-8-20)26-12-4-6-24(26)28/h7-10,14-15H,4-6,11-13,16H2,1-3H3,(H,25,27). The molecule has 0 atom stereocenters. The van der Waals surface area contributed by atoms with E-state index in [1.165, 1.54) is 16.7 Å². The van der Waals surface area contributed by atoms with Gasteiger partial charge in [-0.15, -0.1) is 0 Å². The van der Waals surface area contributed by atoms with Gasteiger partial charge in [-0.25, -0.2) is 0 Å². The van der Waals surface area contributed by atoms with Gasteiger partial charge < -0.3 is 15.0 Å². The quantitative estimate of drug-likeness (QED) is 0.692. The maximum absolute atomic E-state index is 12.2. The van der Waals surface area contributed by atoms with E-state index >= 15 is 0 Å². The van der Waals surface area contributed by atoms with E-state index in [2.05, 4.69) is 38.2 Å². The Balaban J connectivity index is 1.38. The van der Waals surface area contributed by atoms with Crippen LogP contribution in [-0.4, -0.2) is 31.5 Å². The molecule has 1 fully saturated rings. The van der Waals surface area contributed by atoms with Gasteiger partial charge in [-0.2, -0.15) is 0 Å². The Morgan fingerprint density at radius 1 is 1.14 bits per heavy atom. The Labute approximate surface area is 173 Å². The topological polar surface area (TPSA) is 58.6 Å². The first-order valence-electron chi connectivity index (χ1n) is 10.3. The van der Waals surface area contributed by atoms with Gasteiger partial charge in [0.1, 0.15) is 5.75 Å². The second-order valence-electron chi connectivity index (χ2n) is 7.75. The average molecular weight is 395 g/mol. The molecule has 1 aliphatic rings. The van der Waals surface area contributed by atoms with Crippen LogP contribution in [0.1, 0.15) is 41.5 Å². The third-order valence-corrected chi connectivity index (χ3v) is 5.35. The summed E-state index contributed by atoms with van der Waals surface area (Å²) in [6, 6.07) is 11.9. The Morgan fingerprint density at radius 2 is 1.90 bits per heavy atom. The number of hydrogen-bond donors (Lipinski definition) is 1. The molecule has 0 saturated carbocycles. The van der Waals surface area contributed by atoms with E-state index in [9.17, 15) is 9.59 Å². The molecule has 2 aromatic carbocycles. The molecule has 1 heterocycles. The monoisotopic (exact) mass is 394 g/mol. The van der Waals surface area contributed by atoms with Crippen molar-refractivity contribution in [3.05, 3.63) is 58.7 Å². The molecule has 0 aromatic heterocycles. The Bertz CT molecular complexity index is 874. The van der Waals surface area contributed by atoms with Gasteiger partial charge >= 0.3 is 0 Å². The zero-order chi connectivity index (χ0) is 20.8. The minimum absolute atomic E-state index is 0.00224. The Hall–Kier alpha value is -2.82. The van der Waals surface area contributed by atoms with Crippen LogP contribution in [0.4, 0.5) is 5.69 Å². The molecule has 0 spiro atoms. The molecule has 1 aliphatic heterocycles. The van der Waals surface area contributed by atoms with E-state index in [1.807, 2.05) is 24.3 Å². The smallest absolute Gasteiger partial charge is 0.227 e. The van der Waals surface area contributed by atoms with E-state index in [0.29, 0.717) is 26.0 Å². The van der Waals surface area contributed by atoms with Crippen LogP contribution < -0.4 is 15.0 Å². The number of rotatable bonds is 8. The first-order valence-corrected chi connectivity index (χ1v) is 10.3. The molecule has 29 heavy (non-hydrogen) atoms. The summed E-state index contributed by atoms with van der Waals surface area (Å²) in [4.78, 5) is 25.8. The Kier molecular flexibility index (Phi) is 6.91. The molecule has 2 aromatic rings. The van der Waals surface area contributed by atoms with Gasteiger partial charge in [-0.1, -0.05) is 18.2 Å². The number of aryl methyl sites for hydroxylation is 2. The third-order valence-electron chi connectivity index (χ3n) is 5.35. The summed E-state index contributed by atoms with van der Waals surface area (Å²) in [7, 11) is 0. The van der Waals surface area contributed by atoms with Gasteiger partial charge in [0, 0.05) is 25.2 Å². The number of ether oxygens (including phenoxy) is 1. The molecule has 0 bridgehead atoms. The van der Waals surface area contributed by atoms with Crippen LogP contribution in [0.3, 0.4) is 0 Å². The fourth-order valence-corrected chi connectivity index (χ4v) is 3.60. The van der Waals surface area contributed by atoms with Crippen molar-refractivity contribution in [2.75, 3.05) is 24.6 Å². The average Bonchev–Trinajstić information content (AvgIpc) is 3.11. The molecule has 1 saturated heterocycles. The van der Waals surface area contributed by atoms with Crippen LogP contribution in [0.15, 0.2) is 36.4 Å². The number of nitrogens with zero attached hydrogens (tertiary/aromatic N) is 1. The highest BCUT2D eigenvalue weighted by atomic mass is 16.5. The zero-order valence-electron chi connectivity index (χ0n) is 17.6. The summed E-state index contributed by atoms with van der Waals surface area (Å²) < 4.78 is 5.89. The predicted octanol–water partition coefficient (Wildman–Crippen LogP) is 3.87. The summed E-state index contributed by atoms with van der Waals surface area (Å²) in [5.74, 6) is 1.09. The summed E-state index contributed by atoms with van der Waals surface area (Å²) in [5.41, 5.74) is 5.44. The number of amides is 2. The van der Waals surface area contributed by atoms with Crippen LogP contribution in [0.5, 0.6) is 5.75 Å². The van der Waals surface area contributed by atoms with Crippen LogP contribution in [0, 0.1) is 20.8 Å². The minimum atomic E-state index is -0.00224. The van der Waals surface area contributed by atoms with Gasteiger partial charge in [0.15, 0.2) is 0 Å². The van der Waals surface area contributed by atoms with Crippen molar-refractivity contribution in [3.8, 4) is 5.75 Å². The lowest BCUT2D eigenvalue weighted by molar-refractivity contribution is -0.120. The maximum atomic E-state index is 12.2. The lowest BCUT2D eigenvalue weighted by Crippen LogP contribution is -2.27. The maximum Gasteiger partial charge on any atom is 0.227 e. The fourth-order valence-electron chi connectivity index (χ4n) is 3.60. The van der Waals surface area contributed by atoms with Crippen molar-refractivity contribution >= 4 is 17.5 Å². The van der Waals surface area contributed by atoms with Crippen molar-refractivity contribution in [1.82, 2.24) is 5.32 Å². The van der Waals surface area contributed by atoms with Crippen molar-refractivity contribution in [3.63, 3.8) is 0 Å². The number of carbonyl (C=O) groups excluding carboxylic acids is 2. The summed E-state index contributed by atoms with van der Waals surface area (Å²) in [5, 5.41) is 2.95. The molecular weight excluding hydrogens is 364 g/mol. The number of benzene rings is 2. The number of hydrogen-bond acceptors (Lipinski definition) is 3. The highest BCUT2D eigenvalue weighted by Crippen LogP contribution is 2.23. The minimum Gasteiger partial charge on any atom is -0.493 e. The predicted molar refractivity (Wildman–Crippen MR) is 116 cm³/mol. The van der Waals surface area contributed by atoms with Crippen LogP contribution in [0.25, 0.3) is 0 Å². The van der Waals surface area contributed by atoms with E-state index in [-0.39, 0.29) is 11.8 Å². The van der Waals surface area contributed by atoms with Gasteiger partial charge in [-0.3, -0.25) is 9.59 Å². The molecule has 0 aliphatic carbocycles. The van der Waals surface area contributed by atoms with Crippen LogP contribution in [0.2, 0.25) is 0 Å². The molecule has 154 valence electrons. The molecule has 0 radical (unpaired) electrons. The molecule has 5 heteroatoms. The third kappa shape index (κ3) is 5.59. The molecular formula is C24H30N2O3. The van der Waals surface area contributed by atoms with Crippen LogP contribution in [-0.2, 0) is 16.0 Å². The van der Waals surface area contributed by atoms with Gasteiger partial charge in [0.05, 0.1) is 13.0 Å². The second-order valence-corrected chi connectivity index (χ2v) is 7.75. The molecule has 3 rings (SSSR count). The van der Waals surface area contributed by atoms with E-state index in [0.717, 1.165) is 36.4 Å². The normalized spacial score (nSPS) is 13.6. The number of nitrogens with one attached hydrogen (secondary N) is 1. The summed E-state index contributed by atoms with van der Waals surface area (Å²) in [6.07, 6.45) is 2.63. The van der Waals surface area contributed by atoms with Crippen molar-refractivity contribution in [1.29, 1.82) is 0 Å². The van der Waals surface area contributed by atoms with Gasteiger partial charge in [0.25, 0.3) is 0 Å². The first-order chi connectivity index (χ1) is 13.9. The molecule has 0 unspecified atom stereocenters. The van der Waals surface area contributed by atoms with E-state index in [1.54, 1.807) is 4.90 Å². The number of anilines is 1. The van der Waals surface area contributed by atoms with Crippen molar-refractivity contribution in [2.24, 2.45) is 0 Å². The van der Waals surface area contributed by atoms with Crippen LogP contribution >= 0.6 is 0 Å². The lowest BCUT2D eigenvalue weighted by atomic mass is 10.1. The largest absolute Gasteiger partial charge is 0.493 e.